The van der Waals surface area contributed by atoms with Gasteiger partial charge in [-0.3, -0.25) is 9.36 Å². The molecule has 0 spiro atoms. The van der Waals surface area contributed by atoms with Crippen LogP contribution in [0.1, 0.15) is 33.6 Å². The number of hydrogen-bond acceptors (Lipinski definition) is 5. The third-order valence-corrected chi connectivity index (χ3v) is 4.61. The van der Waals surface area contributed by atoms with Gasteiger partial charge in [-0.1, -0.05) is 31.2 Å². The SMILES string of the molecule is C=CCn1c(SC(C)C(=O)NC(C)CCC)nnc1-c1ccco1. The molecule has 0 aliphatic heterocycles. The van der Waals surface area contributed by atoms with E-state index in [1.54, 1.807) is 18.4 Å². The first-order valence-corrected chi connectivity index (χ1v) is 8.99. The van der Waals surface area contributed by atoms with Crippen molar-refractivity contribution < 1.29 is 9.21 Å². The molecule has 2 aromatic heterocycles. The lowest BCUT2D eigenvalue weighted by Crippen LogP contribution is -2.37. The number of allylic oxidation sites excluding steroid dienone is 1. The molecule has 6 nitrogen and oxygen atoms in total. The van der Waals surface area contributed by atoms with Gasteiger partial charge < -0.3 is 9.73 Å². The van der Waals surface area contributed by atoms with Crippen LogP contribution in [0.5, 0.6) is 0 Å². The highest BCUT2D eigenvalue weighted by atomic mass is 32.2. The summed E-state index contributed by atoms with van der Waals surface area (Å²) in [6.45, 7) is 10.3. The zero-order valence-corrected chi connectivity index (χ0v) is 15.2. The Morgan fingerprint density at radius 1 is 1.50 bits per heavy atom. The van der Waals surface area contributed by atoms with E-state index < -0.39 is 0 Å². The van der Waals surface area contributed by atoms with Gasteiger partial charge in [-0.05, 0) is 32.4 Å². The summed E-state index contributed by atoms with van der Waals surface area (Å²) in [5, 5.41) is 11.9. The van der Waals surface area contributed by atoms with Gasteiger partial charge in [0.05, 0.1) is 11.5 Å². The summed E-state index contributed by atoms with van der Waals surface area (Å²) in [5.74, 6) is 1.29. The van der Waals surface area contributed by atoms with Gasteiger partial charge in [0.1, 0.15) is 0 Å². The van der Waals surface area contributed by atoms with Crippen LogP contribution in [-0.2, 0) is 11.3 Å². The molecule has 2 aromatic rings. The number of thioether (sulfide) groups is 1. The van der Waals surface area contributed by atoms with Gasteiger partial charge in [0, 0.05) is 12.6 Å². The standard InChI is InChI=1S/C17H24N4O2S/c1-5-8-12(3)18-16(22)13(4)24-17-20-19-15(21(17)10-6-2)14-9-7-11-23-14/h6-7,9,11-13H,2,5,8,10H2,1,3-4H3,(H,18,22). The Kier molecular flexibility index (Phi) is 6.66. The molecule has 0 saturated heterocycles. The summed E-state index contributed by atoms with van der Waals surface area (Å²) in [6, 6.07) is 3.82. The van der Waals surface area contributed by atoms with Crippen molar-refractivity contribution in [2.24, 2.45) is 0 Å². The van der Waals surface area contributed by atoms with Gasteiger partial charge in [0.15, 0.2) is 10.9 Å². The fourth-order valence-corrected chi connectivity index (χ4v) is 3.20. The monoisotopic (exact) mass is 348 g/mol. The third kappa shape index (κ3) is 4.50. The average Bonchev–Trinajstić information content (AvgIpc) is 3.18. The van der Waals surface area contributed by atoms with Gasteiger partial charge in [-0.25, -0.2) is 0 Å². The predicted molar refractivity (Wildman–Crippen MR) is 95.8 cm³/mol. The zero-order valence-electron chi connectivity index (χ0n) is 14.4. The van der Waals surface area contributed by atoms with E-state index in [1.807, 2.05) is 24.5 Å². The first-order valence-electron chi connectivity index (χ1n) is 8.11. The smallest absolute Gasteiger partial charge is 0.233 e. The number of rotatable bonds is 9. The number of nitrogens with zero attached hydrogens (tertiary/aromatic N) is 3. The molecule has 0 bridgehead atoms. The highest BCUT2D eigenvalue weighted by Crippen LogP contribution is 2.27. The highest BCUT2D eigenvalue weighted by Gasteiger charge is 2.22. The van der Waals surface area contributed by atoms with Crippen molar-refractivity contribution in [1.82, 2.24) is 20.1 Å². The Hall–Kier alpha value is -2.02. The normalized spacial score (nSPS) is 13.5. The number of aromatic nitrogens is 3. The third-order valence-electron chi connectivity index (χ3n) is 3.53. The van der Waals surface area contributed by atoms with E-state index >= 15 is 0 Å². The lowest BCUT2D eigenvalue weighted by molar-refractivity contribution is -0.120. The number of carbonyl (C=O) groups is 1. The lowest BCUT2D eigenvalue weighted by Gasteiger charge is -2.16. The summed E-state index contributed by atoms with van der Waals surface area (Å²) in [6.07, 6.45) is 5.38. The number of amides is 1. The minimum absolute atomic E-state index is 0.00801. The first kappa shape index (κ1) is 18.3. The maximum atomic E-state index is 12.3. The largest absolute Gasteiger partial charge is 0.461 e. The van der Waals surface area contributed by atoms with Crippen molar-refractivity contribution >= 4 is 17.7 Å². The number of hydrogen-bond donors (Lipinski definition) is 1. The Bertz CT molecular complexity index is 666. The quantitative estimate of drug-likeness (QED) is 0.554. The molecule has 2 rings (SSSR count). The van der Waals surface area contributed by atoms with Gasteiger partial charge in [0.25, 0.3) is 0 Å². The molecule has 24 heavy (non-hydrogen) atoms. The molecule has 0 radical (unpaired) electrons. The van der Waals surface area contributed by atoms with Crippen LogP contribution in [0.4, 0.5) is 0 Å². The van der Waals surface area contributed by atoms with Gasteiger partial charge in [-0.15, -0.1) is 16.8 Å². The molecule has 7 heteroatoms. The topological polar surface area (TPSA) is 73.0 Å². The van der Waals surface area contributed by atoms with E-state index in [1.165, 1.54) is 11.8 Å². The van der Waals surface area contributed by atoms with E-state index in [4.69, 9.17) is 4.42 Å². The van der Waals surface area contributed by atoms with Gasteiger partial charge in [0.2, 0.25) is 11.7 Å². The van der Waals surface area contributed by atoms with E-state index in [-0.39, 0.29) is 17.2 Å². The average molecular weight is 348 g/mol. The van der Waals surface area contributed by atoms with Crippen LogP contribution >= 0.6 is 11.8 Å². The van der Waals surface area contributed by atoms with Crippen molar-refractivity contribution in [1.29, 1.82) is 0 Å². The van der Waals surface area contributed by atoms with Crippen LogP contribution in [-0.4, -0.2) is 32.0 Å². The van der Waals surface area contributed by atoms with Crippen LogP contribution in [0.2, 0.25) is 0 Å². The molecule has 0 aliphatic rings. The molecule has 0 fully saturated rings. The van der Waals surface area contributed by atoms with Crippen LogP contribution in [0, 0.1) is 0 Å². The lowest BCUT2D eigenvalue weighted by atomic mass is 10.2. The summed E-state index contributed by atoms with van der Waals surface area (Å²) >= 11 is 1.38. The molecular formula is C17H24N4O2S. The van der Waals surface area contributed by atoms with Crippen molar-refractivity contribution in [3.05, 3.63) is 31.1 Å². The summed E-state index contributed by atoms with van der Waals surface area (Å²) in [5.41, 5.74) is 0. The van der Waals surface area contributed by atoms with Gasteiger partial charge in [-0.2, -0.15) is 0 Å². The van der Waals surface area contributed by atoms with Crippen LogP contribution in [0.15, 0.2) is 40.6 Å². The summed E-state index contributed by atoms with van der Waals surface area (Å²) < 4.78 is 7.30. The predicted octanol–water partition coefficient (Wildman–Crippen LogP) is 3.51. The maximum Gasteiger partial charge on any atom is 0.233 e. The Morgan fingerprint density at radius 2 is 2.29 bits per heavy atom. The number of furan rings is 1. The van der Waals surface area contributed by atoms with Crippen molar-refractivity contribution in [3.8, 4) is 11.6 Å². The second kappa shape index (κ2) is 8.73. The number of nitrogens with one attached hydrogen (secondary N) is 1. The van der Waals surface area contributed by atoms with Crippen LogP contribution in [0.3, 0.4) is 0 Å². The maximum absolute atomic E-state index is 12.3. The molecule has 1 N–H and O–H groups in total. The molecule has 130 valence electrons. The Balaban J connectivity index is 2.11. The molecule has 1 amide bonds. The van der Waals surface area contributed by atoms with Crippen molar-refractivity contribution in [2.45, 2.75) is 56.6 Å². The fraction of sp³-hybridized carbons (Fsp3) is 0.471. The second-order valence-electron chi connectivity index (χ2n) is 5.64. The number of carbonyl (C=O) groups excluding carboxylic acids is 1. The molecule has 2 atom stereocenters. The van der Waals surface area contributed by atoms with Crippen molar-refractivity contribution in [2.75, 3.05) is 0 Å². The minimum atomic E-state index is -0.262. The minimum Gasteiger partial charge on any atom is -0.461 e. The Labute approximate surface area is 146 Å². The molecule has 0 aliphatic carbocycles. The Morgan fingerprint density at radius 3 is 2.92 bits per heavy atom. The summed E-state index contributed by atoms with van der Waals surface area (Å²) in [7, 11) is 0. The van der Waals surface area contributed by atoms with E-state index in [0.717, 1.165) is 12.8 Å². The molecular weight excluding hydrogens is 324 g/mol. The van der Waals surface area contributed by atoms with Crippen molar-refractivity contribution in [3.63, 3.8) is 0 Å². The molecule has 2 heterocycles. The second-order valence-corrected chi connectivity index (χ2v) is 6.95. The van der Waals surface area contributed by atoms with Gasteiger partial charge >= 0.3 is 0 Å². The van der Waals surface area contributed by atoms with Crippen LogP contribution in [0.25, 0.3) is 11.6 Å². The van der Waals surface area contributed by atoms with E-state index in [9.17, 15) is 4.79 Å². The zero-order chi connectivity index (χ0) is 17.5. The van der Waals surface area contributed by atoms with E-state index in [0.29, 0.717) is 23.3 Å². The molecule has 0 aromatic carbocycles. The molecule has 0 saturated carbocycles. The summed E-state index contributed by atoms with van der Waals surface area (Å²) in [4.78, 5) is 12.3. The first-order chi connectivity index (χ1) is 11.6. The van der Waals surface area contributed by atoms with E-state index in [2.05, 4.69) is 29.0 Å². The fourth-order valence-electron chi connectivity index (χ4n) is 2.33. The van der Waals surface area contributed by atoms with Crippen LogP contribution < -0.4 is 5.32 Å². The molecule has 2 unspecified atom stereocenters. The highest BCUT2D eigenvalue weighted by molar-refractivity contribution is 8.00.